The molecule has 1 aromatic carbocycles. The first kappa shape index (κ1) is 13.8. The number of hydrogen-bond acceptors (Lipinski definition) is 1. The highest BCUT2D eigenvalue weighted by Crippen LogP contribution is 2.14. The number of rotatable bonds is 5. The minimum Gasteiger partial charge on any atom is -0.335 e. The number of benzene rings is 1. The van der Waals surface area contributed by atoms with Crippen LogP contribution in [-0.2, 0) is 6.54 Å². The van der Waals surface area contributed by atoms with Gasteiger partial charge in [0.1, 0.15) is 0 Å². The molecule has 0 fully saturated rings. The van der Waals surface area contributed by atoms with Crippen molar-refractivity contribution in [3.63, 3.8) is 0 Å². The molecule has 0 radical (unpaired) electrons. The van der Waals surface area contributed by atoms with Crippen LogP contribution in [-0.4, -0.2) is 12.1 Å². The fourth-order valence-corrected chi connectivity index (χ4v) is 1.75. The Labute approximate surface area is 108 Å². The second kappa shape index (κ2) is 7.17. The number of carbonyl (C=O) groups excluding carboxylic acids is 1. The standard InChI is InChI=1S/C13H19ClN2O/c1-3-11(4-2)16-13(17)15-9-10-7-5-6-8-12(10)14/h5-8,11H,3-4,9H2,1-2H3,(H2,15,16,17). The molecule has 0 aliphatic rings. The molecule has 0 saturated carbocycles. The molecule has 0 aliphatic carbocycles. The van der Waals surface area contributed by atoms with Crippen LogP contribution >= 0.6 is 11.6 Å². The highest BCUT2D eigenvalue weighted by atomic mass is 35.5. The molecule has 0 aliphatic heterocycles. The zero-order valence-electron chi connectivity index (χ0n) is 10.3. The van der Waals surface area contributed by atoms with Crippen LogP contribution in [0.4, 0.5) is 4.79 Å². The molecule has 0 bridgehead atoms. The summed E-state index contributed by atoms with van der Waals surface area (Å²) in [7, 11) is 0. The molecule has 0 spiro atoms. The van der Waals surface area contributed by atoms with Gasteiger partial charge in [-0.1, -0.05) is 43.6 Å². The maximum absolute atomic E-state index is 11.6. The third-order valence-electron chi connectivity index (χ3n) is 2.72. The van der Waals surface area contributed by atoms with E-state index in [2.05, 4.69) is 24.5 Å². The number of nitrogens with one attached hydrogen (secondary N) is 2. The zero-order chi connectivity index (χ0) is 12.7. The molecule has 0 saturated heterocycles. The summed E-state index contributed by atoms with van der Waals surface area (Å²) < 4.78 is 0. The number of carbonyl (C=O) groups is 1. The van der Waals surface area contributed by atoms with Crippen molar-refractivity contribution in [2.75, 3.05) is 0 Å². The van der Waals surface area contributed by atoms with Gasteiger partial charge in [-0.3, -0.25) is 0 Å². The van der Waals surface area contributed by atoms with Gasteiger partial charge in [-0.05, 0) is 24.5 Å². The summed E-state index contributed by atoms with van der Waals surface area (Å²) in [6, 6.07) is 7.59. The minimum atomic E-state index is -0.140. The Morgan fingerprint density at radius 2 is 1.94 bits per heavy atom. The maximum atomic E-state index is 11.6. The molecule has 1 aromatic rings. The molecule has 17 heavy (non-hydrogen) atoms. The molecule has 0 aromatic heterocycles. The van der Waals surface area contributed by atoms with Crippen LogP contribution in [0.5, 0.6) is 0 Å². The average molecular weight is 255 g/mol. The van der Waals surface area contributed by atoms with Gasteiger partial charge in [0.2, 0.25) is 0 Å². The second-order valence-corrected chi connectivity index (χ2v) is 4.34. The Bertz CT molecular complexity index is 364. The van der Waals surface area contributed by atoms with Crippen molar-refractivity contribution in [2.24, 2.45) is 0 Å². The van der Waals surface area contributed by atoms with Gasteiger partial charge in [-0.25, -0.2) is 4.79 Å². The Morgan fingerprint density at radius 1 is 1.29 bits per heavy atom. The summed E-state index contributed by atoms with van der Waals surface area (Å²) >= 11 is 6.00. The second-order valence-electron chi connectivity index (χ2n) is 3.93. The van der Waals surface area contributed by atoms with Gasteiger partial charge < -0.3 is 10.6 Å². The van der Waals surface area contributed by atoms with Crippen molar-refractivity contribution >= 4 is 17.6 Å². The van der Waals surface area contributed by atoms with E-state index in [9.17, 15) is 4.79 Å². The van der Waals surface area contributed by atoms with E-state index in [4.69, 9.17) is 11.6 Å². The van der Waals surface area contributed by atoms with Gasteiger partial charge >= 0.3 is 6.03 Å². The van der Waals surface area contributed by atoms with Gasteiger partial charge in [-0.15, -0.1) is 0 Å². The van der Waals surface area contributed by atoms with Gasteiger partial charge in [0.25, 0.3) is 0 Å². The predicted molar refractivity (Wildman–Crippen MR) is 71.2 cm³/mol. The van der Waals surface area contributed by atoms with Crippen LogP contribution in [0.1, 0.15) is 32.3 Å². The Hall–Kier alpha value is -1.22. The number of hydrogen-bond donors (Lipinski definition) is 2. The Balaban J connectivity index is 2.41. The average Bonchev–Trinajstić information content (AvgIpc) is 2.35. The molecule has 0 unspecified atom stereocenters. The van der Waals surface area contributed by atoms with Gasteiger partial charge in [0.15, 0.2) is 0 Å². The van der Waals surface area contributed by atoms with Crippen LogP contribution in [0.3, 0.4) is 0 Å². The summed E-state index contributed by atoms with van der Waals surface area (Å²) in [5, 5.41) is 6.39. The van der Waals surface area contributed by atoms with E-state index in [1.54, 1.807) is 0 Å². The van der Waals surface area contributed by atoms with Gasteiger partial charge in [0, 0.05) is 17.6 Å². The fraction of sp³-hybridized carbons (Fsp3) is 0.462. The summed E-state index contributed by atoms with van der Waals surface area (Å²) in [5.74, 6) is 0. The van der Waals surface area contributed by atoms with Crippen LogP contribution in [0.2, 0.25) is 5.02 Å². The van der Waals surface area contributed by atoms with Crippen molar-refractivity contribution in [1.29, 1.82) is 0 Å². The van der Waals surface area contributed by atoms with Crippen molar-refractivity contribution < 1.29 is 4.79 Å². The monoisotopic (exact) mass is 254 g/mol. The van der Waals surface area contributed by atoms with Crippen LogP contribution in [0.25, 0.3) is 0 Å². The van der Waals surface area contributed by atoms with Crippen LogP contribution < -0.4 is 10.6 Å². The molecule has 2 N–H and O–H groups in total. The molecule has 94 valence electrons. The Kier molecular flexibility index (Phi) is 5.84. The van der Waals surface area contributed by atoms with E-state index in [0.29, 0.717) is 11.6 Å². The third-order valence-corrected chi connectivity index (χ3v) is 3.09. The van der Waals surface area contributed by atoms with Crippen LogP contribution in [0, 0.1) is 0 Å². The first-order chi connectivity index (χ1) is 8.17. The molecule has 0 atom stereocenters. The normalized spacial score (nSPS) is 10.4. The lowest BCUT2D eigenvalue weighted by Crippen LogP contribution is -2.41. The van der Waals surface area contributed by atoms with E-state index < -0.39 is 0 Å². The molecule has 4 heteroatoms. The highest BCUT2D eigenvalue weighted by molar-refractivity contribution is 6.31. The third kappa shape index (κ3) is 4.65. The number of amides is 2. The lowest BCUT2D eigenvalue weighted by molar-refractivity contribution is 0.235. The van der Waals surface area contributed by atoms with E-state index in [0.717, 1.165) is 18.4 Å². The SMILES string of the molecule is CCC(CC)NC(=O)NCc1ccccc1Cl. The fourth-order valence-electron chi connectivity index (χ4n) is 1.55. The van der Waals surface area contributed by atoms with Gasteiger partial charge in [-0.2, -0.15) is 0 Å². The summed E-state index contributed by atoms with van der Waals surface area (Å²) in [4.78, 5) is 11.6. The minimum absolute atomic E-state index is 0.140. The van der Waals surface area contributed by atoms with Gasteiger partial charge in [0.05, 0.1) is 0 Å². The first-order valence-corrected chi connectivity index (χ1v) is 6.32. The van der Waals surface area contributed by atoms with Crippen molar-refractivity contribution in [3.05, 3.63) is 34.9 Å². The molecule has 0 heterocycles. The number of urea groups is 1. The maximum Gasteiger partial charge on any atom is 0.315 e. The highest BCUT2D eigenvalue weighted by Gasteiger charge is 2.07. The van der Waals surface area contributed by atoms with Crippen molar-refractivity contribution in [3.8, 4) is 0 Å². The molecule has 3 nitrogen and oxygen atoms in total. The van der Waals surface area contributed by atoms with E-state index >= 15 is 0 Å². The molecule has 2 amide bonds. The zero-order valence-corrected chi connectivity index (χ0v) is 11.1. The number of halogens is 1. The van der Waals surface area contributed by atoms with E-state index in [-0.39, 0.29) is 12.1 Å². The molecular formula is C13H19ClN2O. The largest absolute Gasteiger partial charge is 0.335 e. The topological polar surface area (TPSA) is 41.1 Å². The van der Waals surface area contributed by atoms with E-state index in [1.807, 2.05) is 24.3 Å². The molecular weight excluding hydrogens is 236 g/mol. The summed E-state index contributed by atoms with van der Waals surface area (Å²) in [6.45, 7) is 4.57. The van der Waals surface area contributed by atoms with E-state index in [1.165, 1.54) is 0 Å². The van der Waals surface area contributed by atoms with Crippen molar-refractivity contribution in [1.82, 2.24) is 10.6 Å². The smallest absolute Gasteiger partial charge is 0.315 e. The molecule has 1 rings (SSSR count). The lowest BCUT2D eigenvalue weighted by atomic mass is 10.2. The summed E-state index contributed by atoms with van der Waals surface area (Å²) in [5.41, 5.74) is 0.925. The Morgan fingerprint density at radius 3 is 2.53 bits per heavy atom. The predicted octanol–water partition coefficient (Wildman–Crippen LogP) is 3.33. The quantitative estimate of drug-likeness (QED) is 0.832. The van der Waals surface area contributed by atoms with Crippen molar-refractivity contribution in [2.45, 2.75) is 39.3 Å². The lowest BCUT2D eigenvalue weighted by Gasteiger charge is -2.15. The van der Waals surface area contributed by atoms with Crippen LogP contribution in [0.15, 0.2) is 24.3 Å². The first-order valence-electron chi connectivity index (χ1n) is 5.95. The summed E-state index contributed by atoms with van der Waals surface area (Å²) in [6.07, 6.45) is 1.88.